The molecule has 0 aliphatic carbocycles. The van der Waals surface area contributed by atoms with Gasteiger partial charge in [0.15, 0.2) is 0 Å². The number of piperidine rings is 2. The van der Waals surface area contributed by atoms with Gasteiger partial charge in [-0.15, -0.1) is 0 Å². The summed E-state index contributed by atoms with van der Waals surface area (Å²) >= 11 is 0. The van der Waals surface area contributed by atoms with Crippen LogP contribution in [0.3, 0.4) is 0 Å². The molecule has 0 spiro atoms. The second-order valence-electron chi connectivity index (χ2n) is 9.38. The van der Waals surface area contributed by atoms with Crippen LogP contribution in [-0.4, -0.2) is 57.5 Å². The summed E-state index contributed by atoms with van der Waals surface area (Å²) in [6, 6.07) is 8.66. The lowest BCUT2D eigenvalue weighted by Gasteiger charge is -2.47. The second-order valence-corrected chi connectivity index (χ2v) is 9.38. The van der Waals surface area contributed by atoms with Gasteiger partial charge in [-0.1, -0.05) is 26.0 Å². The van der Waals surface area contributed by atoms with Crippen molar-refractivity contribution in [3.8, 4) is 0 Å². The van der Waals surface area contributed by atoms with Gasteiger partial charge in [0.2, 0.25) is 5.91 Å². The number of para-hydroxylation sites is 2. The molecule has 158 valence electrons. The summed E-state index contributed by atoms with van der Waals surface area (Å²) in [7, 11) is 0. The van der Waals surface area contributed by atoms with Crippen LogP contribution < -0.4 is 0 Å². The monoisotopic (exact) mass is 396 g/mol. The van der Waals surface area contributed by atoms with Crippen LogP contribution in [-0.2, 0) is 11.3 Å². The molecule has 5 heteroatoms. The predicted molar refractivity (Wildman–Crippen MR) is 118 cm³/mol. The van der Waals surface area contributed by atoms with Gasteiger partial charge in [0.25, 0.3) is 0 Å². The van der Waals surface area contributed by atoms with E-state index in [0.717, 1.165) is 55.3 Å². The summed E-state index contributed by atoms with van der Waals surface area (Å²) in [4.78, 5) is 22.7. The number of likely N-dealkylation sites (tertiary alicyclic amines) is 2. The highest BCUT2D eigenvalue weighted by atomic mass is 16.2. The highest BCUT2D eigenvalue weighted by molar-refractivity contribution is 5.78. The molecule has 29 heavy (non-hydrogen) atoms. The first-order chi connectivity index (χ1) is 14.0. The Bertz CT molecular complexity index is 843. The number of rotatable bonds is 6. The molecule has 2 saturated heterocycles. The van der Waals surface area contributed by atoms with Crippen LogP contribution in [0.5, 0.6) is 0 Å². The number of carbonyl (C=O) groups excluding carboxylic acids is 1. The molecule has 1 aromatic heterocycles. The molecule has 2 atom stereocenters. The normalized spacial score (nSPS) is 23.0. The minimum absolute atomic E-state index is 0.326. The molecule has 2 aromatic rings. The van der Waals surface area contributed by atoms with Crippen molar-refractivity contribution in [3.63, 3.8) is 0 Å². The van der Waals surface area contributed by atoms with Crippen molar-refractivity contribution >= 4 is 16.9 Å². The average molecular weight is 397 g/mol. The lowest BCUT2D eigenvalue weighted by Crippen LogP contribution is -2.56. The molecule has 0 radical (unpaired) electrons. The quantitative estimate of drug-likeness (QED) is 0.738. The van der Waals surface area contributed by atoms with E-state index < -0.39 is 0 Å². The zero-order chi connectivity index (χ0) is 20.4. The standard InChI is InChI=1S/C24H36N4O/c1-18(2)10-14-26-15-11-22-20(17-26)7-6-13-28(22)24(29)12-16-27-19(3)25-21-8-4-5-9-23(21)27/h4-5,8-9,18,20,22H,6-7,10-17H2,1-3H3/t20-,22-/m1/s1. The lowest BCUT2D eigenvalue weighted by molar-refractivity contribution is -0.138. The summed E-state index contributed by atoms with van der Waals surface area (Å²) < 4.78 is 2.20. The van der Waals surface area contributed by atoms with Crippen molar-refractivity contribution in [1.82, 2.24) is 19.4 Å². The summed E-state index contributed by atoms with van der Waals surface area (Å²) in [6.45, 7) is 11.8. The largest absolute Gasteiger partial charge is 0.339 e. The van der Waals surface area contributed by atoms with Crippen LogP contribution in [0.25, 0.3) is 11.0 Å². The molecular formula is C24H36N4O. The van der Waals surface area contributed by atoms with E-state index >= 15 is 0 Å². The maximum Gasteiger partial charge on any atom is 0.224 e. The van der Waals surface area contributed by atoms with E-state index in [1.165, 1.54) is 25.9 Å². The Morgan fingerprint density at radius 1 is 1.17 bits per heavy atom. The molecule has 0 saturated carbocycles. The van der Waals surface area contributed by atoms with Gasteiger partial charge in [0.1, 0.15) is 5.82 Å². The van der Waals surface area contributed by atoms with E-state index in [4.69, 9.17) is 0 Å². The number of hydrogen-bond acceptors (Lipinski definition) is 3. The fourth-order valence-electron chi connectivity index (χ4n) is 5.26. The predicted octanol–water partition coefficient (Wildman–Crippen LogP) is 4.09. The van der Waals surface area contributed by atoms with Gasteiger partial charge >= 0.3 is 0 Å². The lowest BCUT2D eigenvalue weighted by atomic mass is 9.83. The minimum atomic E-state index is 0.326. The first-order valence-electron chi connectivity index (χ1n) is 11.5. The first kappa shape index (κ1) is 20.4. The van der Waals surface area contributed by atoms with E-state index in [-0.39, 0.29) is 0 Å². The third kappa shape index (κ3) is 4.50. The van der Waals surface area contributed by atoms with Crippen molar-refractivity contribution in [2.24, 2.45) is 11.8 Å². The molecule has 2 aliphatic heterocycles. The highest BCUT2D eigenvalue weighted by Crippen LogP contribution is 2.31. The molecule has 2 aliphatic rings. The number of aryl methyl sites for hydroxylation is 2. The second kappa shape index (κ2) is 8.86. The number of carbonyl (C=O) groups is 1. The fourth-order valence-corrected chi connectivity index (χ4v) is 5.26. The first-order valence-corrected chi connectivity index (χ1v) is 11.5. The Labute approximate surface area is 175 Å². The molecule has 3 heterocycles. The third-order valence-electron chi connectivity index (χ3n) is 6.89. The van der Waals surface area contributed by atoms with Crippen LogP contribution in [0.4, 0.5) is 0 Å². The number of benzene rings is 1. The minimum Gasteiger partial charge on any atom is -0.339 e. The van der Waals surface area contributed by atoms with Crippen LogP contribution in [0, 0.1) is 18.8 Å². The smallest absolute Gasteiger partial charge is 0.224 e. The molecule has 1 aromatic carbocycles. The maximum absolute atomic E-state index is 13.2. The average Bonchev–Trinajstić information content (AvgIpc) is 3.04. The van der Waals surface area contributed by atoms with Gasteiger partial charge in [0.05, 0.1) is 11.0 Å². The molecule has 2 fully saturated rings. The zero-order valence-corrected chi connectivity index (χ0v) is 18.3. The van der Waals surface area contributed by atoms with E-state index in [1.54, 1.807) is 0 Å². The topological polar surface area (TPSA) is 41.4 Å². The summed E-state index contributed by atoms with van der Waals surface area (Å²) in [5.41, 5.74) is 2.15. The van der Waals surface area contributed by atoms with Crippen LogP contribution in [0.2, 0.25) is 0 Å². The Morgan fingerprint density at radius 3 is 2.83 bits per heavy atom. The molecule has 5 nitrogen and oxygen atoms in total. The van der Waals surface area contributed by atoms with Gasteiger partial charge in [-0.2, -0.15) is 0 Å². The zero-order valence-electron chi connectivity index (χ0n) is 18.3. The summed E-state index contributed by atoms with van der Waals surface area (Å²) in [6.07, 6.45) is 5.41. The number of nitrogens with zero attached hydrogens (tertiary/aromatic N) is 4. The van der Waals surface area contributed by atoms with Crippen LogP contribution >= 0.6 is 0 Å². The Kier molecular flexibility index (Phi) is 6.23. The maximum atomic E-state index is 13.2. The van der Waals surface area contributed by atoms with Gasteiger partial charge in [-0.3, -0.25) is 4.79 Å². The van der Waals surface area contributed by atoms with Crippen molar-refractivity contribution < 1.29 is 4.79 Å². The molecule has 4 rings (SSSR count). The van der Waals surface area contributed by atoms with E-state index in [1.807, 2.05) is 25.1 Å². The Morgan fingerprint density at radius 2 is 2.00 bits per heavy atom. The fraction of sp³-hybridized carbons (Fsp3) is 0.667. The molecule has 0 unspecified atom stereocenters. The summed E-state index contributed by atoms with van der Waals surface area (Å²) in [5, 5.41) is 0. The van der Waals surface area contributed by atoms with Gasteiger partial charge in [0, 0.05) is 38.6 Å². The van der Waals surface area contributed by atoms with Crippen molar-refractivity contribution in [2.45, 2.75) is 65.5 Å². The SMILES string of the molecule is Cc1nc2ccccc2n1CCC(=O)N1CCC[C@@H]2CN(CCC(C)C)CC[C@H]21. The molecule has 0 N–H and O–H groups in total. The molecule has 0 bridgehead atoms. The molecule has 1 amide bonds. The van der Waals surface area contributed by atoms with Crippen molar-refractivity contribution in [3.05, 3.63) is 30.1 Å². The van der Waals surface area contributed by atoms with E-state index in [2.05, 4.69) is 39.3 Å². The van der Waals surface area contributed by atoms with Crippen LogP contribution in [0.1, 0.15) is 51.8 Å². The van der Waals surface area contributed by atoms with E-state index in [9.17, 15) is 4.79 Å². The number of amides is 1. The number of fused-ring (bicyclic) bond motifs is 2. The Balaban J connectivity index is 1.37. The summed E-state index contributed by atoms with van der Waals surface area (Å²) in [5.74, 6) is 2.74. The van der Waals surface area contributed by atoms with Gasteiger partial charge in [-0.25, -0.2) is 4.98 Å². The number of hydrogen-bond donors (Lipinski definition) is 0. The molecular weight excluding hydrogens is 360 g/mol. The van der Waals surface area contributed by atoms with Crippen molar-refractivity contribution in [1.29, 1.82) is 0 Å². The van der Waals surface area contributed by atoms with Crippen molar-refractivity contribution in [2.75, 3.05) is 26.2 Å². The van der Waals surface area contributed by atoms with Crippen LogP contribution in [0.15, 0.2) is 24.3 Å². The highest BCUT2D eigenvalue weighted by Gasteiger charge is 2.37. The Hall–Kier alpha value is -1.88. The third-order valence-corrected chi connectivity index (χ3v) is 6.89. The van der Waals surface area contributed by atoms with Gasteiger partial charge in [-0.05, 0) is 63.1 Å². The number of aromatic nitrogens is 2. The number of imidazole rings is 1. The van der Waals surface area contributed by atoms with Gasteiger partial charge < -0.3 is 14.4 Å². The van der Waals surface area contributed by atoms with E-state index in [0.29, 0.717) is 24.3 Å².